The van der Waals surface area contributed by atoms with Gasteiger partial charge in [0, 0.05) is 58.2 Å². The second-order valence-corrected chi connectivity index (χ2v) is 12.4. The molecule has 4 atom stereocenters. The van der Waals surface area contributed by atoms with Gasteiger partial charge in [-0.3, -0.25) is 14.4 Å². The highest BCUT2D eigenvalue weighted by atomic mass is 16.2. The van der Waals surface area contributed by atoms with E-state index < -0.39 is 0 Å². The fraction of sp³-hybridized carbons (Fsp3) is 0.700. The van der Waals surface area contributed by atoms with Crippen LogP contribution in [0.3, 0.4) is 0 Å². The van der Waals surface area contributed by atoms with Crippen molar-refractivity contribution in [1.29, 1.82) is 0 Å². The van der Waals surface area contributed by atoms with E-state index in [0.29, 0.717) is 30.7 Å². The molecule has 202 valence electrons. The second kappa shape index (κ2) is 11.5. The first-order valence-electron chi connectivity index (χ1n) is 14.5. The Kier molecular flexibility index (Phi) is 8.18. The Morgan fingerprint density at radius 3 is 2.27 bits per heavy atom. The second-order valence-electron chi connectivity index (χ2n) is 12.4. The molecule has 1 aliphatic carbocycles. The molecule has 7 heteroatoms. The van der Waals surface area contributed by atoms with Gasteiger partial charge in [-0.1, -0.05) is 57.0 Å². The van der Waals surface area contributed by atoms with Gasteiger partial charge in [0.2, 0.25) is 17.7 Å². The Hall–Kier alpha value is -2.41. The Balaban J connectivity index is 1.11. The Morgan fingerprint density at radius 2 is 1.62 bits per heavy atom. The quantitative estimate of drug-likeness (QED) is 0.556. The molecule has 4 fully saturated rings. The van der Waals surface area contributed by atoms with Crippen LogP contribution in [-0.4, -0.2) is 78.2 Å². The summed E-state index contributed by atoms with van der Waals surface area (Å²) >= 11 is 0. The summed E-state index contributed by atoms with van der Waals surface area (Å²) < 4.78 is 0. The lowest BCUT2D eigenvalue weighted by molar-refractivity contribution is -0.135. The summed E-state index contributed by atoms with van der Waals surface area (Å²) in [5.74, 6) is 1.98. The molecule has 7 nitrogen and oxygen atoms in total. The number of nitrogens with zero attached hydrogens (tertiary/aromatic N) is 3. The summed E-state index contributed by atoms with van der Waals surface area (Å²) in [4.78, 5) is 44.9. The van der Waals surface area contributed by atoms with E-state index in [0.717, 1.165) is 71.4 Å². The third-order valence-corrected chi connectivity index (χ3v) is 9.00. The summed E-state index contributed by atoms with van der Waals surface area (Å²) in [6.07, 6.45) is 5.64. The molecule has 3 amide bonds. The van der Waals surface area contributed by atoms with Gasteiger partial charge < -0.3 is 20.0 Å². The van der Waals surface area contributed by atoms with Gasteiger partial charge >= 0.3 is 0 Å². The zero-order valence-corrected chi connectivity index (χ0v) is 22.6. The highest BCUT2D eigenvalue weighted by Crippen LogP contribution is 2.34. The first kappa shape index (κ1) is 26.2. The summed E-state index contributed by atoms with van der Waals surface area (Å²) in [5.41, 5.74) is 1.18. The molecule has 1 N–H and O–H groups in total. The SMILES string of the molecule is CC(C)CN1C[C@@H](C(=O)N2CC3CN(CCC(NC(=O)C4CCCC4)c4ccccc4)CC3C2)CC1=O. The van der Waals surface area contributed by atoms with Crippen molar-refractivity contribution in [3.63, 3.8) is 0 Å². The van der Waals surface area contributed by atoms with Crippen LogP contribution in [-0.2, 0) is 14.4 Å². The summed E-state index contributed by atoms with van der Waals surface area (Å²) in [7, 11) is 0. The molecule has 0 radical (unpaired) electrons. The number of rotatable bonds is 9. The van der Waals surface area contributed by atoms with Crippen LogP contribution in [0, 0.1) is 29.6 Å². The number of carbonyl (C=O) groups excluding carboxylic acids is 3. The molecule has 3 heterocycles. The minimum absolute atomic E-state index is 0.0431. The largest absolute Gasteiger partial charge is 0.349 e. The molecular formula is C30H44N4O3. The van der Waals surface area contributed by atoms with Gasteiger partial charge in [0.05, 0.1) is 12.0 Å². The number of likely N-dealkylation sites (tertiary alicyclic amines) is 3. The molecule has 0 aromatic heterocycles. The first-order chi connectivity index (χ1) is 17.9. The maximum absolute atomic E-state index is 13.2. The van der Waals surface area contributed by atoms with Crippen molar-refractivity contribution in [2.75, 3.05) is 45.8 Å². The predicted octanol–water partition coefficient (Wildman–Crippen LogP) is 3.32. The fourth-order valence-corrected chi connectivity index (χ4v) is 7.06. The molecule has 0 bridgehead atoms. The van der Waals surface area contributed by atoms with Crippen LogP contribution < -0.4 is 5.32 Å². The van der Waals surface area contributed by atoms with E-state index in [1.165, 1.54) is 5.56 Å². The van der Waals surface area contributed by atoms with E-state index in [4.69, 9.17) is 0 Å². The highest BCUT2D eigenvalue weighted by molar-refractivity contribution is 5.89. The zero-order valence-electron chi connectivity index (χ0n) is 22.6. The van der Waals surface area contributed by atoms with Crippen molar-refractivity contribution in [2.45, 2.75) is 58.4 Å². The lowest BCUT2D eigenvalue weighted by Crippen LogP contribution is -2.39. The number of hydrogen-bond donors (Lipinski definition) is 1. The van der Waals surface area contributed by atoms with Crippen LogP contribution in [0.25, 0.3) is 0 Å². The van der Waals surface area contributed by atoms with E-state index in [1.54, 1.807) is 0 Å². The first-order valence-corrected chi connectivity index (χ1v) is 14.5. The maximum Gasteiger partial charge on any atom is 0.228 e. The van der Waals surface area contributed by atoms with E-state index in [9.17, 15) is 14.4 Å². The normalized spacial score (nSPS) is 27.3. The highest BCUT2D eigenvalue weighted by Gasteiger charge is 2.44. The molecule has 1 aromatic rings. The van der Waals surface area contributed by atoms with E-state index >= 15 is 0 Å². The standard InChI is InChI=1S/C30H44N4O3/c1-21(2)15-33-18-24(14-28(33)35)30(37)34-19-25-16-32(17-26(25)20-34)13-12-27(22-8-4-3-5-9-22)31-29(36)23-10-6-7-11-23/h3-5,8-9,21,23-27H,6-7,10-20H2,1-2H3,(H,31,36)/t24-,25?,26?,27?/m0/s1. The zero-order chi connectivity index (χ0) is 25.9. The molecule has 4 aliphatic rings. The average Bonchev–Trinajstić information content (AvgIpc) is 3.66. The molecule has 3 aliphatic heterocycles. The third kappa shape index (κ3) is 6.19. The summed E-state index contributed by atoms with van der Waals surface area (Å²) in [6.45, 7) is 10.2. The van der Waals surface area contributed by atoms with Gasteiger partial charge in [-0.25, -0.2) is 0 Å². The van der Waals surface area contributed by atoms with Crippen molar-refractivity contribution in [3.8, 4) is 0 Å². The molecule has 5 rings (SSSR count). The maximum atomic E-state index is 13.2. The Morgan fingerprint density at radius 1 is 0.946 bits per heavy atom. The predicted molar refractivity (Wildman–Crippen MR) is 143 cm³/mol. The van der Waals surface area contributed by atoms with Crippen molar-refractivity contribution in [2.24, 2.45) is 29.6 Å². The number of carbonyl (C=O) groups is 3. The lowest BCUT2D eigenvalue weighted by atomic mass is 10.0. The molecule has 0 spiro atoms. The van der Waals surface area contributed by atoms with Crippen molar-refractivity contribution in [3.05, 3.63) is 35.9 Å². The van der Waals surface area contributed by atoms with Gasteiger partial charge in [0.1, 0.15) is 0 Å². The monoisotopic (exact) mass is 508 g/mol. The number of nitrogens with one attached hydrogen (secondary N) is 1. The Labute approximate surface area is 221 Å². The average molecular weight is 509 g/mol. The minimum Gasteiger partial charge on any atom is -0.349 e. The molecular weight excluding hydrogens is 464 g/mol. The van der Waals surface area contributed by atoms with Crippen LogP contribution in [0.15, 0.2) is 30.3 Å². The number of fused-ring (bicyclic) bond motifs is 1. The smallest absolute Gasteiger partial charge is 0.228 e. The fourth-order valence-electron chi connectivity index (χ4n) is 7.06. The van der Waals surface area contributed by atoms with Gasteiger partial charge in [-0.15, -0.1) is 0 Å². The lowest BCUT2D eigenvalue weighted by Gasteiger charge is -2.26. The van der Waals surface area contributed by atoms with E-state index in [1.807, 2.05) is 15.9 Å². The van der Waals surface area contributed by atoms with Crippen molar-refractivity contribution < 1.29 is 14.4 Å². The number of benzene rings is 1. The summed E-state index contributed by atoms with van der Waals surface area (Å²) in [6, 6.07) is 10.4. The van der Waals surface area contributed by atoms with Crippen LogP contribution in [0.4, 0.5) is 0 Å². The van der Waals surface area contributed by atoms with Crippen LogP contribution >= 0.6 is 0 Å². The molecule has 1 saturated carbocycles. The molecule has 3 unspecified atom stereocenters. The van der Waals surface area contributed by atoms with Gasteiger partial charge in [0.25, 0.3) is 0 Å². The Bertz CT molecular complexity index is 947. The minimum atomic E-state index is -0.170. The van der Waals surface area contributed by atoms with Crippen LogP contribution in [0.5, 0.6) is 0 Å². The number of amides is 3. The van der Waals surface area contributed by atoms with Crippen molar-refractivity contribution in [1.82, 2.24) is 20.0 Å². The summed E-state index contributed by atoms with van der Waals surface area (Å²) in [5, 5.41) is 3.37. The van der Waals surface area contributed by atoms with Crippen LogP contribution in [0.1, 0.15) is 64.0 Å². The van der Waals surface area contributed by atoms with Gasteiger partial charge in [-0.05, 0) is 42.6 Å². The van der Waals surface area contributed by atoms with Gasteiger partial charge in [0.15, 0.2) is 0 Å². The molecule has 37 heavy (non-hydrogen) atoms. The number of hydrogen-bond acceptors (Lipinski definition) is 4. The topological polar surface area (TPSA) is 73.0 Å². The molecule has 3 saturated heterocycles. The van der Waals surface area contributed by atoms with Crippen LogP contribution in [0.2, 0.25) is 0 Å². The molecule has 1 aromatic carbocycles. The van der Waals surface area contributed by atoms with Gasteiger partial charge in [-0.2, -0.15) is 0 Å². The van der Waals surface area contributed by atoms with Crippen molar-refractivity contribution >= 4 is 17.7 Å². The van der Waals surface area contributed by atoms with E-state index in [-0.39, 0.29) is 35.6 Å². The third-order valence-electron chi connectivity index (χ3n) is 9.00. The van der Waals surface area contributed by atoms with E-state index in [2.05, 4.69) is 48.3 Å².